The molecule has 6 amide bonds. The maximum absolute atomic E-state index is 14.4. The summed E-state index contributed by atoms with van der Waals surface area (Å²) in [4.78, 5) is 119. The third-order valence-electron chi connectivity index (χ3n) is 18.2. The second-order valence-electron chi connectivity index (χ2n) is 26.7. The van der Waals surface area contributed by atoms with Gasteiger partial charge in [-0.3, -0.25) is 48.1 Å². The normalized spacial score (nSPS) is 25.4. The summed E-state index contributed by atoms with van der Waals surface area (Å²) < 4.78 is 39.1. The molecule has 3 fully saturated rings. The lowest BCUT2D eigenvalue weighted by Crippen LogP contribution is -2.64. The molecule has 32 heteroatoms. The molecule has 584 valence electrons. The molecule has 0 aromatic rings. The van der Waals surface area contributed by atoms with Gasteiger partial charge in [-0.1, -0.05) is 33.1 Å². The molecule has 0 aromatic carbocycles. The van der Waals surface area contributed by atoms with E-state index in [4.69, 9.17) is 33.2 Å². The Kier molecular flexibility index (Phi) is 47.4. The van der Waals surface area contributed by atoms with Gasteiger partial charge in [0, 0.05) is 130 Å². The average Bonchev–Trinajstić information content (AvgIpc) is 0.823. The molecular weight excluding hydrogens is 1330 g/mol. The van der Waals surface area contributed by atoms with Crippen LogP contribution in [0.15, 0.2) is 0 Å². The zero-order valence-electron chi connectivity index (χ0n) is 60.0. The molecule has 101 heavy (non-hydrogen) atoms. The molecule has 3 saturated heterocycles. The zero-order valence-corrected chi connectivity index (χ0v) is 60.0. The van der Waals surface area contributed by atoms with Gasteiger partial charge in [0.15, 0.2) is 18.9 Å². The number of carbonyl (C=O) groups is 9. The van der Waals surface area contributed by atoms with Gasteiger partial charge in [-0.05, 0) is 96.3 Å². The number of ketones is 3. The molecule has 0 aliphatic carbocycles. The predicted molar refractivity (Wildman–Crippen MR) is 364 cm³/mol. The van der Waals surface area contributed by atoms with Gasteiger partial charge < -0.3 is 111 Å². The van der Waals surface area contributed by atoms with Crippen molar-refractivity contribution in [3.63, 3.8) is 0 Å². The Hall–Kier alpha value is -4.85. The molecule has 7 unspecified atom stereocenters. The second kappa shape index (κ2) is 53.0. The van der Waals surface area contributed by atoms with Crippen molar-refractivity contribution in [1.82, 2.24) is 36.8 Å². The third kappa shape index (κ3) is 36.6. The van der Waals surface area contributed by atoms with E-state index < -0.39 is 129 Å². The zero-order chi connectivity index (χ0) is 74.5. The number of Topliss-reactive ketones (excluding diaryl/α,β-unsaturated/α-hetero) is 3. The summed E-state index contributed by atoms with van der Waals surface area (Å²) in [5.41, 5.74) is 0. The topological polar surface area (TPSA) is 476 Å². The van der Waals surface area contributed by atoms with E-state index in [1.165, 1.54) is 14.0 Å². The summed E-state index contributed by atoms with van der Waals surface area (Å²) in [7, 11) is 1.51. The van der Waals surface area contributed by atoms with Gasteiger partial charge in [-0.25, -0.2) is 0 Å². The molecule has 3 aliphatic heterocycles. The number of methoxy groups -OCH3 is 1. The number of aliphatic hydroxyl groups excluding tert-OH is 9. The van der Waals surface area contributed by atoms with Crippen molar-refractivity contribution in [2.75, 3.05) is 99.2 Å². The van der Waals surface area contributed by atoms with Crippen molar-refractivity contribution < 1.29 is 122 Å². The van der Waals surface area contributed by atoms with E-state index >= 15 is 0 Å². The van der Waals surface area contributed by atoms with Crippen molar-refractivity contribution in [3.8, 4) is 0 Å². The SMILES string of the molecule is COCCC(=O)CCCC(=O)NCCCCC(C(=O)CCCCNC(=O)CCCCCO[C@@H]1OC(CO)[C@H](O)[C@H](O)C1C)N(CC(=O)CCCCNC(=O)CCCCCO[C@@H]1OC(CO)[C@H](O)[C@H](O)C1NC(C)=O)CC(=O)NCCCNC(=O)CCCCCO[C@@H]1OC(CO)[C@H](O)[C@H](O)C1C. The van der Waals surface area contributed by atoms with Crippen LogP contribution in [0.2, 0.25) is 0 Å². The van der Waals surface area contributed by atoms with E-state index in [1.54, 1.807) is 18.7 Å². The van der Waals surface area contributed by atoms with Crippen molar-refractivity contribution in [2.45, 2.75) is 274 Å². The highest BCUT2D eigenvalue weighted by Gasteiger charge is 2.46. The standard InChI is InChI=1S/C69H123N7O25/c1-45-61(89)63(91)52(42-77)99-67(45)96-36-17-5-8-26-56(85)71-33-16-13-25-51(83)50(24-12-15-32-72-58(87)29-20-23-48(81)30-39-95-4)76(41-59(88)74-35-21-34-73-57(86)28-9-6-18-37-97-68-46(2)62(90)64(92)53(43-78)100-68)40-49(82)22-11-14-31-70-55(84)27-10-7-19-38-98-69-60(75-47(3)80)66(94)65(93)54(44-79)101-69/h45-46,50,52-54,60-69,77-79,89-94H,5-44H2,1-4H3,(H,70,84)(H,71,85)(H,72,87)(H,73,86)(H,74,88)(H,75,80)/t45?,46?,50?,52?,53?,54?,60?,61-,62-,63+,64+,65+,66-,67-,68-,69-/m1/s1. The number of hydrogen-bond donors (Lipinski definition) is 15. The summed E-state index contributed by atoms with van der Waals surface area (Å²) in [5.74, 6) is -3.20. The van der Waals surface area contributed by atoms with Gasteiger partial charge in [-0.15, -0.1) is 0 Å². The molecule has 0 spiro atoms. The monoisotopic (exact) mass is 1450 g/mol. The van der Waals surface area contributed by atoms with E-state index in [0.717, 1.165) is 0 Å². The van der Waals surface area contributed by atoms with Gasteiger partial charge >= 0.3 is 0 Å². The van der Waals surface area contributed by atoms with E-state index in [9.17, 15) is 89.1 Å². The number of aliphatic hydroxyl groups is 9. The number of hydrogen-bond acceptors (Lipinski definition) is 26. The lowest BCUT2D eigenvalue weighted by molar-refractivity contribution is -0.282. The van der Waals surface area contributed by atoms with Gasteiger partial charge in [0.05, 0.1) is 57.8 Å². The largest absolute Gasteiger partial charge is 0.394 e. The maximum atomic E-state index is 14.4. The van der Waals surface area contributed by atoms with Gasteiger partial charge in [0.25, 0.3) is 0 Å². The first-order valence-electron chi connectivity index (χ1n) is 36.6. The minimum Gasteiger partial charge on any atom is -0.394 e. The maximum Gasteiger partial charge on any atom is 0.234 e. The lowest BCUT2D eigenvalue weighted by Gasteiger charge is -2.42. The summed E-state index contributed by atoms with van der Waals surface area (Å²) >= 11 is 0. The minimum absolute atomic E-state index is 0.000279. The van der Waals surface area contributed by atoms with Crippen LogP contribution in [0.4, 0.5) is 0 Å². The fourth-order valence-electron chi connectivity index (χ4n) is 12.0. The molecule has 3 rings (SSSR count). The fourth-order valence-corrected chi connectivity index (χ4v) is 12.0. The van der Waals surface area contributed by atoms with Crippen LogP contribution in [0, 0.1) is 11.8 Å². The Morgan fingerprint density at radius 3 is 1.24 bits per heavy atom. The number of carbonyl (C=O) groups excluding carboxylic acids is 9. The molecular formula is C69H123N7O25. The second-order valence-corrected chi connectivity index (χ2v) is 26.7. The van der Waals surface area contributed by atoms with Gasteiger partial charge in [-0.2, -0.15) is 0 Å². The summed E-state index contributed by atoms with van der Waals surface area (Å²) in [5, 5.41) is 107. The Morgan fingerprint density at radius 1 is 0.396 bits per heavy atom. The first-order chi connectivity index (χ1) is 48.5. The van der Waals surface area contributed by atoms with Crippen LogP contribution in [-0.4, -0.2) is 289 Å². The number of amides is 6. The van der Waals surface area contributed by atoms with Crippen molar-refractivity contribution in [2.24, 2.45) is 11.8 Å². The van der Waals surface area contributed by atoms with Crippen LogP contribution < -0.4 is 31.9 Å². The molecule has 15 N–H and O–H groups in total. The highest BCUT2D eigenvalue weighted by Crippen LogP contribution is 2.29. The number of ether oxygens (including phenoxy) is 7. The third-order valence-corrected chi connectivity index (χ3v) is 18.2. The molecule has 0 saturated carbocycles. The van der Waals surface area contributed by atoms with Crippen LogP contribution >= 0.6 is 0 Å². The van der Waals surface area contributed by atoms with E-state index in [-0.39, 0.29) is 158 Å². The number of nitrogens with zero attached hydrogens (tertiary/aromatic N) is 1. The molecule has 0 radical (unpaired) electrons. The number of unbranched alkanes of at least 4 members (excludes halogenated alkanes) is 9. The Morgan fingerprint density at radius 2 is 0.782 bits per heavy atom. The van der Waals surface area contributed by atoms with Crippen LogP contribution in [0.25, 0.3) is 0 Å². The molecule has 3 aliphatic rings. The lowest BCUT2D eigenvalue weighted by atomic mass is 9.92. The van der Waals surface area contributed by atoms with Crippen molar-refractivity contribution in [1.29, 1.82) is 0 Å². The Balaban J connectivity index is 1.57. The highest BCUT2D eigenvalue weighted by molar-refractivity contribution is 5.88. The van der Waals surface area contributed by atoms with E-state index in [0.29, 0.717) is 122 Å². The first-order valence-corrected chi connectivity index (χ1v) is 36.6. The Bertz CT molecular complexity index is 2380. The fraction of sp³-hybridized carbons (Fsp3) is 0.870. The molecule has 0 bridgehead atoms. The van der Waals surface area contributed by atoms with Gasteiger partial charge in [0.1, 0.15) is 66.1 Å². The van der Waals surface area contributed by atoms with Crippen molar-refractivity contribution in [3.05, 3.63) is 0 Å². The van der Waals surface area contributed by atoms with Crippen LogP contribution in [0.5, 0.6) is 0 Å². The summed E-state index contributed by atoms with van der Waals surface area (Å²) in [6.07, 6.45) is -2.98. The molecule has 0 aromatic heterocycles. The highest BCUT2D eigenvalue weighted by atomic mass is 16.7. The van der Waals surface area contributed by atoms with Gasteiger partial charge in [0.2, 0.25) is 35.4 Å². The molecule has 32 nitrogen and oxygen atoms in total. The average molecular weight is 1450 g/mol. The Labute approximate surface area is 594 Å². The minimum atomic E-state index is -1.44. The summed E-state index contributed by atoms with van der Waals surface area (Å²) in [6, 6.07) is -1.96. The smallest absolute Gasteiger partial charge is 0.234 e. The van der Waals surface area contributed by atoms with E-state index in [2.05, 4.69) is 31.9 Å². The quantitative estimate of drug-likeness (QED) is 0.0321. The number of nitrogens with one attached hydrogen (secondary N) is 6. The van der Waals surface area contributed by atoms with Crippen LogP contribution in [0.3, 0.4) is 0 Å². The molecule has 3 heterocycles. The first kappa shape index (κ1) is 90.4. The van der Waals surface area contributed by atoms with Crippen LogP contribution in [0.1, 0.15) is 188 Å². The van der Waals surface area contributed by atoms with E-state index in [1.807, 2.05) is 0 Å². The molecule has 16 atom stereocenters. The predicted octanol–water partition coefficient (Wildman–Crippen LogP) is -1.12. The van der Waals surface area contributed by atoms with Crippen LogP contribution in [-0.2, 0) is 76.3 Å². The number of rotatable bonds is 57. The summed E-state index contributed by atoms with van der Waals surface area (Å²) in [6.45, 7) is 4.84. The van der Waals surface area contributed by atoms with Crippen molar-refractivity contribution >= 4 is 52.8 Å².